The van der Waals surface area contributed by atoms with Crippen molar-refractivity contribution in [1.82, 2.24) is 15.0 Å². The van der Waals surface area contributed by atoms with Crippen LogP contribution in [0.1, 0.15) is 41.0 Å². The van der Waals surface area contributed by atoms with Crippen LogP contribution in [-0.4, -0.2) is 26.0 Å². The molecule has 0 atom stereocenters. The molecule has 0 radical (unpaired) electrons. The highest BCUT2D eigenvalue weighted by atomic mass is 19.1. The van der Waals surface area contributed by atoms with E-state index in [2.05, 4.69) is 34.1 Å². The first kappa shape index (κ1) is 19.0. The Labute approximate surface area is 167 Å². The number of nitrogens with one attached hydrogen (secondary N) is 1. The van der Waals surface area contributed by atoms with E-state index >= 15 is 0 Å². The van der Waals surface area contributed by atoms with Gasteiger partial charge in [0.25, 0.3) is 0 Å². The van der Waals surface area contributed by atoms with Crippen LogP contribution in [0.4, 0.5) is 15.9 Å². The lowest BCUT2D eigenvalue weighted by molar-refractivity contribution is 0.0697. The fourth-order valence-electron chi connectivity index (χ4n) is 3.69. The molecule has 7 heteroatoms. The van der Waals surface area contributed by atoms with Crippen LogP contribution in [0.2, 0.25) is 0 Å². The molecule has 2 aromatic heterocycles. The summed E-state index contributed by atoms with van der Waals surface area (Å²) in [6.07, 6.45) is 4.29. The summed E-state index contributed by atoms with van der Waals surface area (Å²) in [6.45, 7) is 6.16. The van der Waals surface area contributed by atoms with Crippen LogP contribution in [0.15, 0.2) is 36.7 Å². The number of anilines is 2. The molecule has 4 rings (SSSR count). The van der Waals surface area contributed by atoms with Crippen molar-refractivity contribution in [1.29, 1.82) is 0 Å². The summed E-state index contributed by atoms with van der Waals surface area (Å²) < 4.78 is 14.5. The lowest BCUT2D eigenvalue weighted by Crippen LogP contribution is -2.10. The Morgan fingerprint density at radius 3 is 2.76 bits per heavy atom. The first-order valence-corrected chi connectivity index (χ1v) is 9.34. The monoisotopic (exact) mass is 392 g/mol. The van der Waals surface area contributed by atoms with Gasteiger partial charge in [0, 0.05) is 18.0 Å². The molecule has 0 bridgehead atoms. The van der Waals surface area contributed by atoms with Gasteiger partial charge in [0.2, 0.25) is 0 Å². The molecule has 6 nitrogen and oxygen atoms in total. The van der Waals surface area contributed by atoms with Crippen LogP contribution in [0, 0.1) is 18.2 Å². The van der Waals surface area contributed by atoms with Crippen molar-refractivity contribution in [3.63, 3.8) is 0 Å². The average Bonchev–Trinajstić information content (AvgIpc) is 2.98. The van der Waals surface area contributed by atoms with E-state index in [-0.39, 0.29) is 16.8 Å². The second-order valence-corrected chi connectivity index (χ2v) is 8.17. The first-order valence-electron chi connectivity index (χ1n) is 9.34. The van der Waals surface area contributed by atoms with E-state index < -0.39 is 11.8 Å². The minimum atomic E-state index is -1.09. The van der Waals surface area contributed by atoms with Gasteiger partial charge in [-0.15, -0.1) is 0 Å². The van der Waals surface area contributed by atoms with E-state index in [1.807, 2.05) is 6.92 Å². The Balaban J connectivity index is 1.87. The summed E-state index contributed by atoms with van der Waals surface area (Å²) in [7, 11) is 0. The topological polar surface area (TPSA) is 88.0 Å². The molecule has 2 N–H and O–H groups in total. The smallest absolute Gasteiger partial charge is 0.339 e. The molecular weight excluding hydrogens is 371 g/mol. The number of pyridine rings is 1. The molecule has 1 aliphatic rings. The summed E-state index contributed by atoms with van der Waals surface area (Å²) in [4.78, 5) is 24.7. The lowest BCUT2D eigenvalue weighted by Gasteiger charge is -2.15. The third kappa shape index (κ3) is 3.68. The summed E-state index contributed by atoms with van der Waals surface area (Å²) >= 11 is 0. The Morgan fingerprint density at radius 1 is 1.21 bits per heavy atom. The first-order chi connectivity index (χ1) is 13.7. The number of hydrogen-bond acceptors (Lipinski definition) is 5. The van der Waals surface area contributed by atoms with Gasteiger partial charge >= 0.3 is 5.97 Å². The molecule has 148 valence electrons. The third-order valence-electron chi connectivity index (χ3n) is 5.06. The lowest BCUT2D eigenvalue weighted by atomic mass is 9.90. The van der Waals surface area contributed by atoms with Crippen LogP contribution in [-0.2, 0) is 12.8 Å². The van der Waals surface area contributed by atoms with Crippen molar-refractivity contribution in [3.8, 4) is 11.4 Å². The zero-order valence-corrected chi connectivity index (χ0v) is 16.5. The van der Waals surface area contributed by atoms with Gasteiger partial charge in [0.1, 0.15) is 17.2 Å². The molecule has 0 saturated heterocycles. The number of halogens is 1. The number of aryl methyl sites for hydroxylation is 1. The molecule has 1 aliphatic carbocycles. The van der Waals surface area contributed by atoms with Gasteiger partial charge in [-0.3, -0.25) is 4.98 Å². The Kier molecular flexibility index (Phi) is 4.53. The van der Waals surface area contributed by atoms with Crippen molar-refractivity contribution in [2.45, 2.75) is 33.6 Å². The normalized spacial score (nSPS) is 14.5. The Morgan fingerprint density at radius 2 is 2.00 bits per heavy atom. The molecule has 0 saturated carbocycles. The third-order valence-corrected chi connectivity index (χ3v) is 5.06. The van der Waals surface area contributed by atoms with Crippen molar-refractivity contribution >= 4 is 17.5 Å². The predicted molar refractivity (Wildman–Crippen MR) is 108 cm³/mol. The standard InChI is InChI=1S/C22H21FN4O2/c1-12-4-5-16(23)13(8-12)19-26-18-10-22(2,3)9-14(18)20(27-19)25-17-6-7-24-11-15(17)21(28)29/h4-8,11H,9-10H2,1-3H3,(H,28,29)(H,24,25,26,27). The molecule has 1 aromatic carbocycles. The van der Waals surface area contributed by atoms with Crippen molar-refractivity contribution < 1.29 is 14.3 Å². The number of fused-ring (bicyclic) bond motifs is 1. The van der Waals surface area contributed by atoms with Gasteiger partial charge < -0.3 is 10.4 Å². The van der Waals surface area contributed by atoms with Crippen molar-refractivity contribution in [3.05, 3.63) is 64.9 Å². The molecular formula is C22H21FN4O2. The number of benzene rings is 1. The van der Waals surface area contributed by atoms with Gasteiger partial charge in [-0.1, -0.05) is 25.5 Å². The Hall–Kier alpha value is -3.35. The Bertz CT molecular complexity index is 1130. The van der Waals surface area contributed by atoms with E-state index in [0.29, 0.717) is 17.1 Å². The molecule has 0 amide bonds. The molecule has 0 aliphatic heterocycles. The van der Waals surface area contributed by atoms with E-state index in [1.54, 1.807) is 18.2 Å². The molecule has 0 fully saturated rings. The minimum absolute atomic E-state index is 0.00884. The number of aromatic nitrogens is 3. The molecule has 0 unspecified atom stereocenters. The highest BCUT2D eigenvalue weighted by Crippen LogP contribution is 2.40. The number of carboxylic acid groups (broad SMARTS) is 1. The van der Waals surface area contributed by atoms with Crippen LogP contribution in [0.3, 0.4) is 0 Å². The highest BCUT2D eigenvalue weighted by Gasteiger charge is 2.33. The van der Waals surface area contributed by atoms with Gasteiger partial charge in [-0.05, 0) is 43.4 Å². The van der Waals surface area contributed by atoms with Gasteiger partial charge in [0.15, 0.2) is 5.82 Å². The van der Waals surface area contributed by atoms with E-state index in [9.17, 15) is 14.3 Å². The predicted octanol–water partition coefficient (Wildman–Crippen LogP) is 4.55. The quantitative estimate of drug-likeness (QED) is 0.677. The minimum Gasteiger partial charge on any atom is -0.478 e. The van der Waals surface area contributed by atoms with Gasteiger partial charge in [-0.2, -0.15) is 0 Å². The zero-order chi connectivity index (χ0) is 20.8. The van der Waals surface area contributed by atoms with E-state index in [1.165, 1.54) is 18.5 Å². The van der Waals surface area contributed by atoms with Crippen molar-refractivity contribution in [2.75, 3.05) is 5.32 Å². The van der Waals surface area contributed by atoms with Crippen LogP contribution < -0.4 is 5.32 Å². The number of rotatable bonds is 4. The summed E-state index contributed by atoms with van der Waals surface area (Å²) in [5.41, 5.74) is 3.44. The van der Waals surface area contributed by atoms with E-state index in [0.717, 1.165) is 29.7 Å². The van der Waals surface area contributed by atoms with Crippen LogP contribution in [0.5, 0.6) is 0 Å². The second-order valence-electron chi connectivity index (χ2n) is 8.17. The SMILES string of the molecule is Cc1ccc(F)c(-c2nc3c(c(Nc4ccncc4C(=O)O)n2)CC(C)(C)C3)c1. The fraction of sp³-hybridized carbons (Fsp3) is 0.273. The number of aromatic carboxylic acids is 1. The largest absolute Gasteiger partial charge is 0.478 e. The molecule has 29 heavy (non-hydrogen) atoms. The molecule has 2 heterocycles. The number of nitrogens with zero attached hydrogens (tertiary/aromatic N) is 3. The van der Waals surface area contributed by atoms with Crippen LogP contribution in [0.25, 0.3) is 11.4 Å². The van der Waals surface area contributed by atoms with E-state index in [4.69, 9.17) is 0 Å². The number of carbonyl (C=O) groups is 1. The summed E-state index contributed by atoms with van der Waals surface area (Å²) in [5.74, 6) is -0.688. The summed E-state index contributed by atoms with van der Waals surface area (Å²) in [5, 5.41) is 12.6. The highest BCUT2D eigenvalue weighted by molar-refractivity contribution is 5.94. The van der Waals surface area contributed by atoms with Gasteiger partial charge in [-0.25, -0.2) is 19.2 Å². The van der Waals surface area contributed by atoms with Crippen molar-refractivity contribution in [2.24, 2.45) is 5.41 Å². The second kappa shape index (κ2) is 6.92. The fourth-order valence-corrected chi connectivity index (χ4v) is 3.69. The molecule has 0 spiro atoms. The summed E-state index contributed by atoms with van der Waals surface area (Å²) in [6, 6.07) is 6.41. The maximum absolute atomic E-state index is 14.5. The van der Waals surface area contributed by atoms with Crippen LogP contribution >= 0.6 is 0 Å². The number of hydrogen-bond donors (Lipinski definition) is 2. The number of carboxylic acids is 1. The maximum atomic E-state index is 14.5. The van der Waals surface area contributed by atoms with Gasteiger partial charge in [0.05, 0.1) is 16.9 Å². The average molecular weight is 392 g/mol. The molecule has 3 aromatic rings. The zero-order valence-electron chi connectivity index (χ0n) is 16.5. The maximum Gasteiger partial charge on any atom is 0.339 e.